The molecule has 1 aromatic heterocycles. The summed E-state index contributed by atoms with van der Waals surface area (Å²) in [5.74, 6) is -1.62. The number of hydrogen-bond donors (Lipinski definition) is 1. The molecule has 0 spiro atoms. The minimum atomic E-state index is -0.549. The van der Waals surface area contributed by atoms with Gasteiger partial charge in [-0.15, -0.1) is 0 Å². The number of rotatable bonds is 7. The van der Waals surface area contributed by atoms with E-state index < -0.39 is 24.4 Å². The number of carbonyl (C=O) groups is 3. The number of fused-ring (bicyclic) bond motifs is 1. The van der Waals surface area contributed by atoms with Crippen molar-refractivity contribution in [3.8, 4) is 0 Å². The summed E-state index contributed by atoms with van der Waals surface area (Å²) in [7, 11) is 0. The largest absolute Gasteiger partial charge is 0.455 e. The quantitative estimate of drug-likeness (QED) is 0.584. The first kappa shape index (κ1) is 20.0. The third kappa shape index (κ3) is 4.62. The fraction of sp³-hybridized carbons (Fsp3) is 0.286. The maximum Gasteiger partial charge on any atom is 0.311 e. The first-order chi connectivity index (χ1) is 14.6. The minimum absolute atomic E-state index is 0.0694. The summed E-state index contributed by atoms with van der Waals surface area (Å²) in [6, 6.07) is 15.1. The van der Waals surface area contributed by atoms with Gasteiger partial charge in [0.25, 0.3) is 5.91 Å². The molecule has 154 valence electrons. The number of benzene rings is 2. The predicted octanol–water partition coefficient (Wildman–Crippen LogP) is 2.26. The van der Waals surface area contributed by atoms with Crippen LogP contribution in [0.4, 0.5) is 5.69 Å². The van der Waals surface area contributed by atoms with Crippen LogP contribution in [-0.2, 0) is 25.5 Å². The van der Waals surface area contributed by atoms with Crippen LogP contribution in [0, 0.1) is 5.92 Å². The van der Waals surface area contributed by atoms with Gasteiger partial charge in [-0.05, 0) is 24.1 Å². The second-order valence-electron chi connectivity index (χ2n) is 7.07. The van der Waals surface area contributed by atoms with Gasteiger partial charge in [0.15, 0.2) is 6.61 Å². The molecule has 1 N–H and O–H groups in total. The average Bonchev–Trinajstić information content (AvgIpc) is 3.38. The lowest BCUT2D eigenvalue weighted by Gasteiger charge is -2.16. The molecule has 1 unspecified atom stereocenters. The van der Waals surface area contributed by atoms with E-state index in [1.165, 1.54) is 0 Å². The van der Waals surface area contributed by atoms with Crippen molar-refractivity contribution < 1.29 is 19.1 Å². The second kappa shape index (κ2) is 9.00. The molecule has 0 bridgehead atoms. The smallest absolute Gasteiger partial charge is 0.311 e. The lowest BCUT2D eigenvalue weighted by atomic mass is 10.1. The Bertz CT molecular complexity index is 1070. The van der Waals surface area contributed by atoms with Gasteiger partial charge in [0.05, 0.1) is 23.3 Å². The molecule has 3 aromatic rings. The van der Waals surface area contributed by atoms with Crippen molar-refractivity contribution in [2.45, 2.75) is 12.8 Å². The first-order valence-corrected chi connectivity index (χ1v) is 10.3. The molecule has 0 saturated carbocycles. The van der Waals surface area contributed by atoms with E-state index in [0.29, 0.717) is 29.8 Å². The molecular formula is C21H20N4O4S. The molecule has 0 radical (unpaired) electrons. The molecule has 0 aliphatic carbocycles. The number of carbonyl (C=O) groups excluding carboxylic acids is 3. The SMILES string of the molecule is O=C(COC(=O)C1CC(=O)N(CCc2ccccc2)C1)Nc1cccc2nsnc12. The van der Waals surface area contributed by atoms with E-state index in [1.54, 1.807) is 23.1 Å². The Balaban J connectivity index is 1.25. The summed E-state index contributed by atoms with van der Waals surface area (Å²) in [5, 5.41) is 2.68. The summed E-state index contributed by atoms with van der Waals surface area (Å²) >= 11 is 1.06. The lowest BCUT2D eigenvalue weighted by Crippen LogP contribution is -2.29. The number of anilines is 1. The number of ether oxygens (including phenoxy) is 1. The molecule has 4 rings (SSSR count). The summed E-state index contributed by atoms with van der Waals surface area (Å²) < 4.78 is 13.4. The predicted molar refractivity (Wildman–Crippen MR) is 112 cm³/mol. The average molecular weight is 424 g/mol. The van der Waals surface area contributed by atoms with Crippen molar-refractivity contribution in [2.75, 3.05) is 25.0 Å². The number of nitrogens with one attached hydrogen (secondary N) is 1. The third-order valence-corrected chi connectivity index (χ3v) is 5.51. The lowest BCUT2D eigenvalue weighted by molar-refractivity contribution is -0.151. The van der Waals surface area contributed by atoms with E-state index >= 15 is 0 Å². The Morgan fingerprint density at radius 1 is 1.13 bits per heavy atom. The zero-order chi connectivity index (χ0) is 20.9. The van der Waals surface area contributed by atoms with Crippen LogP contribution in [0.2, 0.25) is 0 Å². The Labute approximate surface area is 177 Å². The van der Waals surface area contributed by atoms with Crippen molar-refractivity contribution in [2.24, 2.45) is 5.92 Å². The molecule has 1 saturated heterocycles. The fourth-order valence-corrected chi connectivity index (χ4v) is 3.95. The Kier molecular flexibility index (Phi) is 5.99. The standard InChI is InChI=1S/C21H20N4O4S/c26-18(22-16-7-4-8-17-20(16)24-30-23-17)13-29-21(28)15-11-19(27)25(12-15)10-9-14-5-2-1-3-6-14/h1-8,15H,9-13H2,(H,22,26). The summed E-state index contributed by atoms with van der Waals surface area (Å²) in [5.41, 5.74) is 2.94. The monoisotopic (exact) mass is 424 g/mol. The van der Waals surface area contributed by atoms with Crippen molar-refractivity contribution in [3.63, 3.8) is 0 Å². The molecule has 9 heteroatoms. The van der Waals surface area contributed by atoms with Crippen molar-refractivity contribution in [1.82, 2.24) is 13.6 Å². The van der Waals surface area contributed by atoms with Crippen LogP contribution in [0.5, 0.6) is 0 Å². The first-order valence-electron chi connectivity index (χ1n) is 9.59. The van der Waals surface area contributed by atoms with Crippen molar-refractivity contribution in [1.29, 1.82) is 0 Å². The Morgan fingerprint density at radius 2 is 1.97 bits per heavy atom. The summed E-state index contributed by atoms with van der Waals surface area (Å²) in [4.78, 5) is 38.4. The number of esters is 1. The highest BCUT2D eigenvalue weighted by atomic mass is 32.1. The minimum Gasteiger partial charge on any atom is -0.455 e. The zero-order valence-electron chi connectivity index (χ0n) is 16.1. The number of nitrogens with zero attached hydrogens (tertiary/aromatic N) is 3. The second-order valence-corrected chi connectivity index (χ2v) is 7.60. The van der Waals surface area contributed by atoms with E-state index in [1.807, 2.05) is 30.3 Å². The van der Waals surface area contributed by atoms with Crippen LogP contribution in [-0.4, -0.2) is 51.1 Å². The van der Waals surface area contributed by atoms with Gasteiger partial charge in [0.1, 0.15) is 11.0 Å². The van der Waals surface area contributed by atoms with E-state index in [9.17, 15) is 14.4 Å². The zero-order valence-corrected chi connectivity index (χ0v) is 16.9. The van der Waals surface area contributed by atoms with Crippen LogP contribution in [0.3, 0.4) is 0 Å². The molecule has 1 atom stereocenters. The van der Waals surface area contributed by atoms with Gasteiger partial charge < -0.3 is 15.0 Å². The van der Waals surface area contributed by atoms with Gasteiger partial charge in [-0.2, -0.15) is 8.75 Å². The van der Waals surface area contributed by atoms with Crippen molar-refractivity contribution in [3.05, 3.63) is 54.1 Å². The molecular weight excluding hydrogens is 404 g/mol. The molecule has 2 aromatic carbocycles. The Hall–Kier alpha value is -3.33. The van der Waals surface area contributed by atoms with Gasteiger partial charge in [0.2, 0.25) is 5.91 Å². The molecule has 1 aliphatic rings. The number of aromatic nitrogens is 2. The molecule has 30 heavy (non-hydrogen) atoms. The van der Waals surface area contributed by atoms with E-state index in [2.05, 4.69) is 14.1 Å². The highest BCUT2D eigenvalue weighted by Gasteiger charge is 2.35. The van der Waals surface area contributed by atoms with Crippen LogP contribution in [0.15, 0.2) is 48.5 Å². The van der Waals surface area contributed by atoms with Gasteiger partial charge in [-0.1, -0.05) is 36.4 Å². The normalized spacial score (nSPS) is 16.1. The highest BCUT2D eigenvalue weighted by molar-refractivity contribution is 7.00. The topological polar surface area (TPSA) is 101 Å². The highest BCUT2D eigenvalue weighted by Crippen LogP contribution is 2.22. The van der Waals surface area contributed by atoms with E-state index in [-0.39, 0.29) is 12.3 Å². The van der Waals surface area contributed by atoms with Crippen LogP contribution >= 0.6 is 11.7 Å². The van der Waals surface area contributed by atoms with E-state index in [4.69, 9.17) is 4.74 Å². The van der Waals surface area contributed by atoms with Gasteiger partial charge in [0, 0.05) is 19.5 Å². The molecule has 2 heterocycles. The van der Waals surface area contributed by atoms with Crippen LogP contribution in [0.1, 0.15) is 12.0 Å². The fourth-order valence-electron chi connectivity index (χ4n) is 3.40. The van der Waals surface area contributed by atoms with Gasteiger partial charge >= 0.3 is 5.97 Å². The number of hydrogen-bond acceptors (Lipinski definition) is 7. The van der Waals surface area contributed by atoms with Gasteiger partial charge in [-0.3, -0.25) is 14.4 Å². The van der Waals surface area contributed by atoms with Gasteiger partial charge in [-0.25, -0.2) is 0 Å². The maximum atomic E-state index is 12.3. The Morgan fingerprint density at radius 3 is 2.80 bits per heavy atom. The van der Waals surface area contributed by atoms with E-state index in [0.717, 1.165) is 23.7 Å². The molecule has 2 amide bonds. The number of likely N-dealkylation sites (tertiary alicyclic amines) is 1. The summed E-state index contributed by atoms with van der Waals surface area (Å²) in [6.07, 6.45) is 0.840. The summed E-state index contributed by atoms with van der Waals surface area (Å²) in [6.45, 7) is 0.455. The molecule has 8 nitrogen and oxygen atoms in total. The molecule has 1 fully saturated rings. The van der Waals surface area contributed by atoms with Crippen LogP contribution in [0.25, 0.3) is 11.0 Å². The van der Waals surface area contributed by atoms with Crippen molar-refractivity contribution >= 4 is 46.2 Å². The number of amides is 2. The maximum absolute atomic E-state index is 12.3. The third-order valence-electron chi connectivity index (χ3n) is 4.97. The van der Waals surface area contributed by atoms with Crippen LogP contribution < -0.4 is 5.32 Å². The molecule has 1 aliphatic heterocycles.